The number of hydrogen-bond acceptors (Lipinski definition) is 4. The van der Waals surface area contributed by atoms with Gasteiger partial charge in [0.15, 0.2) is 17.5 Å². The van der Waals surface area contributed by atoms with Gasteiger partial charge in [0.2, 0.25) is 6.79 Å². The maximum atomic E-state index is 6.12. The van der Waals surface area contributed by atoms with Gasteiger partial charge in [0, 0.05) is 11.1 Å². The van der Waals surface area contributed by atoms with Crippen molar-refractivity contribution in [2.45, 2.75) is 19.3 Å². The minimum Gasteiger partial charge on any atom is -0.495 e. The summed E-state index contributed by atoms with van der Waals surface area (Å²) < 4.78 is 15.9. The number of methoxy groups -OCH3 is 1. The van der Waals surface area contributed by atoms with Crippen molar-refractivity contribution in [3.63, 3.8) is 0 Å². The minimum atomic E-state index is -0.217. The van der Waals surface area contributed by atoms with Gasteiger partial charge in [0.1, 0.15) is 5.75 Å². The van der Waals surface area contributed by atoms with E-state index in [0.717, 1.165) is 22.7 Å². The monoisotopic (exact) mass is 503 g/mol. The third kappa shape index (κ3) is 5.10. The number of benzene rings is 2. The Morgan fingerprint density at radius 1 is 1.22 bits per heavy atom. The minimum absolute atomic E-state index is 0. The molecule has 3 rings (SSSR count). The van der Waals surface area contributed by atoms with Crippen LogP contribution in [0, 0.1) is 0 Å². The van der Waals surface area contributed by atoms with E-state index in [1.807, 2.05) is 24.3 Å². The molecule has 0 fully saturated rings. The van der Waals surface area contributed by atoms with Crippen molar-refractivity contribution in [1.82, 2.24) is 0 Å². The molecule has 146 valence electrons. The van der Waals surface area contributed by atoms with E-state index in [0.29, 0.717) is 23.3 Å². The highest BCUT2D eigenvalue weighted by Crippen LogP contribution is 2.36. The van der Waals surface area contributed by atoms with Crippen molar-refractivity contribution in [3.05, 3.63) is 47.0 Å². The number of guanidine groups is 1. The van der Waals surface area contributed by atoms with E-state index in [9.17, 15) is 0 Å². The molecule has 1 aliphatic heterocycles. The van der Waals surface area contributed by atoms with Crippen LogP contribution in [0.4, 0.5) is 5.69 Å². The molecule has 2 aromatic carbocycles. The average molecular weight is 504 g/mol. The van der Waals surface area contributed by atoms with E-state index in [1.54, 1.807) is 19.2 Å². The first kappa shape index (κ1) is 21.4. The summed E-state index contributed by atoms with van der Waals surface area (Å²) in [4.78, 5) is 4.47. The number of halogens is 2. The van der Waals surface area contributed by atoms with Gasteiger partial charge in [0.05, 0.1) is 18.7 Å². The lowest BCUT2D eigenvalue weighted by molar-refractivity contribution is 0.174. The Kier molecular flexibility index (Phi) is 7.05. The molecule has 0 spiro atoms. The van der Waals surface area contributed by atoms with Crippen LogP contribution in [0.5, 0.6) is 17.2 Å². The standard InChI is InChI=1S/C19H22ClN3O3.HI/c1-19(2,12-4-6-16-17(8-12)26-11-25-16)10-22-18(21)23-13-5-7-15(24-3)14(20)9-13;/h4-9H,10-11H2,1-3H3,(H3,21,22,23);1H. The van der Waals surface area contributed by atoms with Crippen LogP contribution in [0.25, 0.3) is 0 Å². The van der Waals surface area contributed by atoms with E-state index in [1.165, 1.54) is 0 Å². The Balaban J connectivity index is 0.00000261. The van der Waals surface area contributed by atoms with Gasteiger partial charge in [-0.05, 0) is 35.9 Å². The van der Waals surface area contributed by atoms with E-state index in [-0.39, 0.29) is 36.2 Å². The summed E-state index contributed by atoms with van der Waals surface area (Å²) in [6, 6.07) is 11.3. The van der Waals surface area contributed by atoms with E-state index >= 15 is 0 Å². The van der Waals surface area contributed by atoms with Crippen molar-refractivity contribution in [1.29, 1.82) is 0 Å². The van der Waals surface area contributed by atoms with Crippen molar-refractivity contribution >= 4 is 47.2 Å². The zero-order valence-electron chi connectivity index (χ0n) is 15.4. The number of ether oxygens (including phenoxy) is 3. The number of nitrogens with two attached hydrogens (primary N) is 1. The van der Waals surface area contributed by atoms with Crippen molar-refractivity contribution in [2.24, 2.45) is 10.7 Å². The van der Waals surface area contributed by atoms with E-state index in [2.05, 4.69) is 24.2 Å². The molecule has 0 radical (unpaired) electrons. The quantitative estimate of drug-likeness (QED) is 0.359. The van der Waals surface area contributed by atoms with Crippen LogP contribution in [-0.4, -0.2) is 26.4 Å². The molecule has 0 saturated heterocycles. The lowest BCUT2D eigenvalue weighted by Crippen LogP contribution is -2.27. The van der Waals surface area contributed by atoms with Gasteiger partial charge in [0.25, 0.3) is 0 Å². The lowest BCUT2D eigenvalue weighted by atomic mass is 9.84. The lowest BCUT2D eigenvalue weighted by Gasteiger charge is -2.23. The molecule has 0 saturated carbocycles. The largest absolute Gasteiger partial charge is 0.495 e. The zero-order valence-corrected chi connectivity index (χ0v) is 18.5. The van der Waals surface area contributed by atoms with E-state index in [4.69, 9.17) is 31.5 Å². The summed E-state index contributed by atoms with van der Waals surface area (Å²) in [5.74, 6) is 2.46. The van der Waals surface area contributed by atoms with Crippen molar-refractivity contribution in [3.8, 4) is 17.2 Å². The van der Waals surface area contributed by atoms with Gasteiger partial charge in [-0.1, -0.05) is 31.5 Å². The molecule has 0 amide bonds. The van der Waals surface area contributed by atoms with Crippen LogP contribution in [0.2, 0.25) is 5.02 Å². The molecule has 0 aromatic heterocycles. The van der Waals surface area contributed by atoms with Crippen LogP contribution in [0.3, 0.4) is 0 Å². The highest BCUT2D eigenvalue weighted by molar-refractivity contribution is 14.0. The fraction of sp³-hybridized carbons (Fsp3) is 0.316. The molecule has 0 atom stereocenters. The summed E-state index contributed by atoms with van der Waals surface area (Å²) in [7, 11) is 1.57. The number of nitrogens with zero attached hydrogens (tertiary/aromatic N) is 1. The molecule has 0 unspecified atom stereocenters. The molecule has 1 aliphatic rings. The second-order valence-corrected chi connectivity index (χ2v) is 7.03. The normalized spacial score (nSPS) is 13.1. The summed E-state index contributed by atoms with van der Waals surface area (Å²) in [5.41, 5.74) is 7.65. The summed E-state index contributed by atoms with van der Waals surface area (Å²) >= 11 is 6.12. The molecule has 2 aromatic rings. The smallest absolute Gasteiger partial charge is 0.231 e. The van der Waals surface area contributed by atoms with Crippen molar-refractivity contribution in [2.75, 3.05) is 25.8 Å². The molecule has 8 heteroatoms. The first-order valence-electron chi connectivity index (χ1n) is 8.20. The summed E-state index contributed by atoms with van der Waals surface area (Å²) in [5, 5.41) is 3.55. The molecular formula is C19H23ClIN3O3. The van der Waals surface area contributed by atoms with Gasteiger partial charge in [-0.25, -0.2) is 0 Å². The number of anilines is 1. The second-order valence-electron chi connectivity index (χ2n) is 6.63. The first-order valence-corrected chi connectivity index (χ1v) is 8.57. The maximum Gasteiger partial charge on any atom is 0.231 e. The summed E-state index contributed by atoms with van der Waals surface area (Å²) in [6.45, 7) is 4.98. The molecule has 0 aliphatic carbocycles. The topological polar surface area (TPSA) is 78.1 Å². The molecular weight excluding hydrogens is 481 g/mol. The Bertz CT molecular complexity index is 843. The second kappa shape index (κ2) is 8.88. The van der Waals surface area contributed by atoms with Crippen LogP contribution in [0.15, 0.2) is 41.4 Å². The zero-order chi connectivity index (χ0) is 18.7. The van der Waals surface area contributed by atoms with Crippen LogP contribution >= 0.6 is 35.6 Å². The predicted molar refractivity (Wildman–Crippen MR) is 119 cm³/mol. The van der Waals surface area contributed by atoms with Gasteiger partial charge in [-0.3, -0.25) is 4.99 Å². The third-order valence-corrected chi connectivity index (χ3v) is 4.52. The average Bonchev–Trinajstić information content (AvgIpc) is 3.08. The molecule has 1 heterocycles. The van der Waals surface area contributed by atoms with Gasteiger partial charge >= 0.3 is 0 Å². The Morgan fingerprint density at radius 2 is 1.96 bits per heavy atom. The fourth-order valence-corrected chi connectivity index (χ4v) is 2.88. The molecule has 27 heavy (non-hydrogen) atoms. The number of hydrogen-bond donors (Lipinski definition) is 2. The fourth-order valence-electron chi connectivity index (χ4n) is 2.62. The Hall–Kier alpha value is -1.87. The predicted octanol–water partition coefficient (Wildman–Crippen LogP) is 4.40. The number of aliphatic imine (C=N–C) groups is 1. The Morgan fingerprint density at radius 3 is 2.67 bits per heavy atom. The highest BCUT2D eigenvalue weighted by Gasteiger charge is 2.24. The summed E-state index contributed by atoms with van der Waals surface area (Å²) in [6.07, 6.45) is 0. The molecule has 6 nitrogen and oxygen atoms in total. The van der Waals surface area contributed by atoms with Crippen LogP contribution < -0.4 is 25.3 Å². The maximum absolute atomic E-state index is 6.12. The van der Waals surface area contributed by atoms with Crippen LogP contribution in [0.1, 0.15) is 19.4 Å². The van der Waals surface area contributed by atoms with Gasteiger partial charge < -0.3 is 25.3 Å². The van der Waals surface area contributed by atoms with Gasteiger partial charge in [-0.15, -0.1) is 24.0 Å². The SMILES string of the molecule is COc1ccc(NC(N)=NCC(C)(C)c2ccc3c(c2)OCO3)cc1Cl.I. The molecule has 3 N–H and O–H groups in total. The number of fused-ring (bicyclic) bond motifs is 1. The highest BCUT2D eigenvalue weighted by atomic mass is 127. The van der Waals surface area contributed by atoms with Gasteiger partial charge in [-0.2, -0.15) is 0 Å². The Labute approximate surface area is 181 Å². The van der Waals surface area contributed by atoms with Crippen LogP contribution in [-0.2, 0) is 5.41 Å². The number of nitrogens with one attached hydrogen (secondary N) is 1. The first-order chi connectivity index (χ1) is 12.4. The molecule has 0 bridgehead atoms. The number of rotatable bonds is 5. The van der Waals surface area contributed by atoms with E-state index < -0.39 is 0 Å². The van der Waals surface area contributed by atoms with Crippen molar-refractivity contribution < 1.29 is 14.2 Å². The third-order valence-electron chi connectivity index (χ3n) is 4.22.